The van der Waals surface area contributed by atoms with E-state index in [0.29, 0.717) is 5.92 Å². The SMILES string of the molecule is CCC(C)C1=NC(C)(C)CO1. The van der Waals surface area contributed by atoms with E-state index < -0.39 is 0 Å². The van der Waals surface area contributed by atoms with E-state index in [9.17, 15) is 0 Å². The number of aliphatic imine (C=N–C) groups is 1. The van der Waals surface area contributed by atoms with Gasteiger partial charge >= 0.3 is 0 Å². The van der Waals surface area contributed by atoms with Gasteiger partial charge in [-0.3, -0.25) is 0 Å². The summed E-state index contributed by atoms with van der Waals surface area (Å²) in [5.41, 5.74) is 0.0127. The van der Waals surface area contributed by atoms with Gasteiger partial charge in [-0.1, -0.05) is 13.8 Å². The highest BCUT2D eigenvalue weighted by Gasteiger charge is 2.28. The zero-order valence-corrected chi connectivity index (χ0v) is 7.85. The second kappa shape index (κ2) is 2.84. The standard InChI is InChI=1S/C9H17NO/c1-5-7(2)8-10-9(3,4)6-11-8/h7H,5-6H2,1-4H3. The number of nitrogens with zero attached hydrogens (tertiary/aromatic N) is 1. The van der Waals surface area contributed by atoms with Gasteiger partial charge in [0.2, 0.25) is 0 Å². The topological polar surface area (TPSA) is 21.6 Å². The maximum absolute atomic E-state index is 5.47. The Bertz CT molecular complexity index is 172. The van der Waals surface area contributed by atoms with Gasteiger partial charge in [-0.25, -0.2) is 4.99 Å². The highest BCUT2D eigenvalue weighted by atomic mass is 16.5. The molecule has 0 aromatic carbocycles. The fourth-order valence-electron chi connectivity index (χ4n) is 1.04. The van der Waals surface area contributed by atoms with E-state index in [1.165, 1.54) is 0 Å². The third-order valence-corrected chi connectivity index (χ3v) is 2.02. The van der Waals surface area contributed by atoms with Gasteiger partial charge in [0.15, 0.2) is 5.90 Å². The van der Waals surface area contributed by atoms with E-state index in [-0.39, 0.29) is 5.54 Å². The Morgan fingerprint density at radius 2 is 2.27 bits per heavy atom. The van der Waals surface area contributed by atoms with Crippen LogP contribution in [0, 0.1) is 5.92 Å². The van der Waals surface area contributed by atoms with Crippen LogP contribution in [0.3, 0.4) is 0 Å². The van der Waals surface area contributed by atoms with E-state index >= 15 is 0 Å². The fourth-order valence-corrected chi connectivity index (χ4v) is 1.04. The quantitative estimate of drug-likeness (QED) is 0.599. The molecule has 2 heteroatoms. The molecule has 1 aliphatic rings. The van der Waals surface area contributed by atoms with E-state index in [0.717, 1.165) is 18.9 Å². The minimum Gasteiger partial charge on any atom is -0.478 e. The molecule has 1 heterocycles. The van der Waals surface area contributed by atoms with Gasteiger partial charge in [-0.05, 0) is 20.3 Å². The van der Waals surface area contributed by atoms with Gasteiger partial charge in [-0.2, -0.15) is 0 Å². The van der Waals surface area contributed by atoms with E-state index in [2.05, 4.69) is 32.7 Å². The summed E-state index contributed by atoms with van der Waals surface area (Å²) in [5.74, 6) is 1.43. The molecule has 0 radical (unpaired) electrons. The largest absolute Gasteiger partial charge is 0.478 e. The molecule has 1 atom stereocenters. The van der Waals surface area contributed by atoms with E-state index in [1.807, 2.05) is 0 Å². The van der Waals surface area contributed by atoms with Gasteiger partial charge in [0.05, 0.1) is 5.54 Å². The lowest BCUT2D eigenvalue weighted by atomic mass is 10.1. The number of rotatable bonds is 2. The summed E-state index contributed by atoms with van der Waals surface area (Å²) < 4.78 is 5.47. The lowest BCUT2D eigenvalue weighted by molar-refractivity contribution is 0.266. The Morgan fingerprint density at radius 1 is 1.64 bits per heavy atom. The molecule has 0 saturated carbocycles. The predicted octanol–water partition coefficient (Wildman–Crippen LogP) is 2.24. The summed E-state index contributed by atoms with van der Waals surface area (Å²) in [7, 11) is 0. The van der Waals surface area contributed by atoms with Crippen molar-refractivity contribution in [3.8, 4) is 0 Å². The molecule has 2 nitrogen and oxygen atoms in total. The summed E-state index contributed by atoms with van der Waals surface area (Å²) in [5, 5.41) is 0. The van der Waals surface area contributed by atoms with Crippen LogP contribution in [-0.4, -0.2) is 18.0 Å². The van der Waals surface area contributed by atoms with Crippen molar-refractivity contribution >= 4 is 5.90 Å². The molecule has 1 rings (SSSR count). The average molecular weight is 155 g/mol. The molecule has 1 aliphatic heterocycles. The molecule has 0 bridgehead atoms. The van der Waals surface area contributed by atoms with Crippen molar-refractivity contribution in [3.63, 3.8) is 0 Å². The van der Waals surface area contributed by atoms with Crippen molar-refractivity contribution in [3.05, 3.63) is 0 Å². The van der Waals surface area contributed by atoms with Crippen LogP contribution in [0.4, 0.5) is 0 Å². The smallest absolute Gasteiger partial charge is 0.186 e. The molecule has 1 unspecified atom stereocenters. The van der Waals surface area contributed by atoms with Crippen LogP contribution in [0.25, 0.3) is 0 Å². The first-order valence-corrected chi connectivity index (χ1v) is 4.27. The van der Waals surface area contributed by atoms with Gasteiger partial charge in [-0.15, -0.1) is 0 Å². The first kappa shape index (κ1) is 8.57. The molecule has 0 aromatic rings. The van der Waals surface area contributed by atoms with Gasteiger partial charge in [0, 0.05) is 5.92 Å². The third kappa shape index (κ3) is 1.95. The van der Waals surface area contributed by atoms with Gasteiger partial charge in [0.25, 0.3) is 0 Å². The first-order valence-electron chi connectivity index (χ1n) is 4.27. The lowest BCUT2D eigenvalue weighted by Gasteiger charge is -2.07. The molecule has 11 heavy (non-hydrogen) atoms. The zero-order chi connectivity index (χ0) is 8.48. The van der Waals surface area contributed by atoms with Gasteiger partial charge in [0.1, 0.15) is 6.61 Å². The van der Waals surface area contributed by atoms with Crippen molar-refractivity contribution in [1.82, 2.24) is 0 Å². The molecule has 0 fully saturated rings. The normalized spacial score (nSPS) is 24.2. The second-order valence-electron chi connectivity index (χ2n) is 3.86. The number of ether oxygens (including phenoxy) is 1. The van der Waals surface area contributed by atoms with Crippen LogP contribution in [0.1, 0.15) is 34.1 Å². The second-order valence-corrected chi connectivity index (χ2v) is 3.86. The van der Waals surface area contributed by atoms with Crippen LogP contribution < -0.4 is 0 Å². The maximum atomic E-state index is 5.47. The Labute approximate surface area is 68.7 Å². The predicted molar refractivity (Wildman–Crippen MR) is 46.9 cm³/mol. The Kier molecular flexibility index (Phi) is 2.21. The zero-order valence-electron chi connectivity index (χ0n) is 7.85. The van der Waals surface area contributed by atoms with Crippen molar-refractivity contribution < 1.29 is 4.74 Å². The van der Waals surface area contributed by atoms with Crippen LogP contribution >= 0.6 is 0 Å². The van der Waals surface area contributed by atoms with Crippen LogP contribution in [0.2, 0.25) is 0 Å². The molecule has 0 amide bonds. The Hall–Kier alpha value is -0.530. The van der Waals surface area contributed by atoms with E-state index in [1.54, 1.807) is 0 Å². The third-order valence-electron chi connectivity index (χ3n) is 2.02. The minimum atomic E-state index is 0.0127. The monoisotopic (exact) mass is 155 g/mol. The number of hydrogen-bond acceptors (Lipinski definition) is 2. The summed E-state index contributed by atoms with van der Waals surface area (Å²) >= 11 is 0. The summed E-state index contributed by atoms with van der Waals surface area (Å²) in [6.07, 6.45) is 1.11. The van der Waals surface area contributed by atoms with Crippen LogP contribution in [0.5, 0.6) is 0 Å². The van der Waals surface area contributed by atoms with Crippen molar-refractivity contribution in [1.29, 1.82) is 0 Å². The Morgan fingerprint density at radius 3 is 2.64 bits per heavy atom. The molecule has 0 N–H and O–H groups in total. The molecule has 64 valence electrons. The fraction of sp³-hybridized carbons (Fsp3) is 0.889. The highest BCUT2D eigenvalue weighted by Crippen LogP contribution is 2.21. The van der Waals surface area contributed by atoms with Crippen LogP contribution in [0.15, 0.2) is 4.99 Å². The molecular weight excluding hydrogens is 138 g/mol. The molecule has 0 spiro atoms. The molecule has 0 aromatic heterocycles. The van der Waals surface area contributed by atoms with Crippen LogP contribution in [-0.2, 0) is 4.74 Å². The minimum absolute atomic E-state index is 0.0127. The maximum Gasteiger partial charge on any atom is 0.186 e. The molecule has 0 aliphatic carbocycles. The van der Waals surface area contributed by atoms with Gasteiger partial charge < -0.3 is 4.74 Å². The highest BCUT2D eigenvalue weighted by molar-refractivity contribution is 5.80. The Balaban J connectivity index is 2.62. The van der Waals surface area contributed by atoms with E-state index in [4.69, 9.17) is 4.74 Å². The first-order chi connectivity index (χ1) is 5.05. The summed E-state index contributed by atoms with van der Waals surface area (Å²) in [6.45, 7) is 9.25. The van der Waals surface area contributed by atoms with Crippen molar-refractivity contribution in [2.75, 3.05) is 6.61 Å². The lowest BCUT2D eigenvalue weighted by Crippen LogP contribution is -2.17. The number of hydrogen-bond donors (Lipinski definition) is 0. The average Bonchev–Trinajstić information content (AvgIpc) is 2.29. The molecular formula is C9H17NO. The summed E-state index contributed by atoms with van der Waals surface area (Å²) in [4.78, 5) is 4.49. The van der Waals surface area contributed by atoms with Crippen molar-refractivity contribution in [2.24, 2.45) is 10.9 Å². The molecule has 0 saturated heterocycles. The summed E-state index contributed by atoms with van der Waals surface area (Å²) in [6, 6.07) is 0. The van der Waals surface area contributed by atoms with Crippen molar-refractivity contribution in [2.45, 2.75) is 39.7 Å².